The van der Waals surface area contributed by atoms with E-state index in [4.69, 9.17) is 17.5 Å². The summed E-state index contributed by atoms with van der Waals surface area (Å²) in [6.45, 7) is 5.79. The molecule has 46 heavy (non-hydrogen) atoms. The van der Waals surface area contributed by atoms with Crippen LogP contribution in [-0.4, -0.2) is 38.1 Å². The second-order valence-electron chi connectivity index (χ2n) is 11.5. The SMILES string of the molecule is CC[C@H](C)[C@@H](CN(Cc1cccc2ccccc12)C(=S)Nc1ccc(F)cc1)NC(=O)Cc1cncn1Cc1ccc(C#N)cc1. The number of nitriles is 1. The van der Waals surface area contributed by atoms with Gasteiger partial charge in [-0.15, -0.1) is 0 Å². The van der Waals surface area contributed by atoms with Crippen LogP contribution >= 0.6 is 12.2 Å². The normalized spacial score (nSPS) is 12.2. The number of hydrogen-bond donors (Lipinski definition) is 2. The first-order chi connectivity index (χ1) is 22.3. The molecule has 1 amide bonds. The average Bonchev–Trinajstić information content (AvgIpc) is 3.50. The van der Waals surface area contributed by atoms with Crippen molar-refractivity contribution in [1.29, 1.82) is 5.26 Å². The summed E-state index contributed by atoms with van der Waals surface area (Å²) in [5.41, 5.74) is 4.22. The molecule has 9 heteroatoms. The smallest absolute Gasteiger partial charge is 0.226 e. The molecule has 4 aromatic carbocycles. The topological polar surface area (TPSA) is 86.0 Å². The molecule has 2 N–H and O–H groups in total. The molecule has 0 radical (unpaired) electrons. The summed E-state index contributed by atoms with van der Waals surface area (Å²) >= 11 is 5.93. The van der Waals surface area contributed by atoms with Crippen LogP contribution in [0.2, 0.25) is 0 Å². The first kappa shape index (κ1) is 32.3. The van der Waals surface area contributed by atoms with Gasteiger partial charge in [-0.25, -0.2) is 9.37 Å². The van der Waals surface area contributed by atoms with E-state index in [1.807, 2.05) is 34.9 Å². The Hall–Kier alpha value is -5.07. The number of rotatable bonds is 12. The van der Waals surface area contributed by atoms with Gasteiger partial charge in [-0.2, -0.15) is 5.26 Å². The van der Waals surface area contributed by atoms with Crippen LogP contribution < -0.4 is 10.6 Å². The molecule has 0 aliphatic carbocycles. The number of imidazole rings is 1. The van der Waals surface area contributed by atoms with Gasteiger partial charge < -0.3 is 20.1 Å². The Balaban J connectivity index is 1.34. The highest BCUT2D eigenvalue weighted by Gasteiger charge is 2.24. The summed E-state index contributed by atoms with van der Waals surface area (Å²) in [4.78, 5) is 19.9. The molecular weight excluding hydrogens is 596 g/mol. The summed E-state index contributed by atoms with van der Waals surface area (Å²) in [5, 5.41) is 18.4. The number of nitrogens with one attached hydrogen (secondary N) is 2. The first-order valence-electron chi connectivity index (χ1n) is 15.4. The molecule has 1 aromatic heterocycles. The zero-order chi connectivity index (χ0) is 32.5. The van der Waals surface area contributed by atoms with Crippen LogP contribution in [0.25, 0.3) is 10.8 Å². The van der Waals surface area contributed by atoms with Crippen LogP contribution in [0, 0.1) is 23.1 Å². The molecule has 2 atom stereocenters. The molecule has 234 valence electrons. The third-order valence-corrected chi connectivity index (χ3v) is 8.65. The molecule has 0 saturated heterocycles. The monoisotopic (exact) mass is 632 g/mol. The van der Waals surface area contributed by atoms with Gasteiger partial charge in [0.15, 0.2) is 5.11 Å². The van der Waals surface area contributed by atoms with E-state index in [0.717, 1.165) is 34.0 Å². The Morgan fingerprint density at radius 1 is 1.04 bits per heavy atom. The minimum absolute atomic E-state index is 0.102. The molecule has 0 aliphatic rings. The molecule has 0 fully saturated rings. The van der Waals surface area contributed by atoms with Crippen molar-refractivity contribution in [3.63, 3.8) is 0 Å². The minimum Gasteiger partial charge on any atom is -0.351 e. The van der Waals surface area contributed by atoms with Gasteiger partial charge >= 0.3 is 0 Å². The van der Waals surface area contributed by atoms with E-state index >= 15 is 0 Å². The van der Waals surface area contributed by atoms with Crippen molar-refractivity contribution < 1.29 is 9.18 Å². The number of anilines is 1. The molecule has 0 aliphatic heterocycles. The largest absolute Gasteiger partial charge is 0.351 e. The number of halogens is 1. The van der Waals surface area contributed by atoms with Gasteiger partial charge in [-0.1, -0.05) is 74.9 Å². The maximum atomic E-state index is 13.6. The van der Waals surface area contributed by atoms with Crippen molar-refractivity contribution in [1.82, 2.24) is 19.8 Å². The molecule has 0 spiro atoms. The van der Waals surface area contributed by atoms with E-state index in [1.54, 1.807) is 36.8 Å². The quantitative estimate of drug-likeness (QED) is 0.143. The fraction of sp³-hybridized carbons (Fsp3) is 0.243. The second-order valence-corrected chi connectivity index (χ2v) is 11.9. The van der Waals surface area contributed by atoms with Crippen LogP contribution in [0.4, 0.5) is 10.1 Å². The number of amides is 1. The Morgan fingerprint density at radius 2 is 1.78 bits per heavy atom. The number of benzene rings is 4. The van der Waals surface area contributed by atoms with Crippen molar-refractivity contribution in [2.75, 3.05) is 11.9 Å². The minimum atomic E-state index is -0.318. The average molecular weight is 633 g/mol. The van der Waals surface area contributed by atoms with Crippen molar-refractivity contribution >= 4 is 39.7 Å². The number of nitrogens with zero attached hydrogens (tertiary/aromatic N) is 4. The number of carbonyl (C=O) groups excluding carboxylic acids is 1. The zero-order valence-corrected chi connectivity index (χ0v) is 26.8. The number of hydrogen-bond acceptors (Lipinski definition) is 4. The van der Waals surface area contributed by atoms with Crippen LogP contribution in [0.3, 0.4) is 0 Å². The highest BCUT2D eigenvalue weighted by molar-refractivity contribution is 7.80. The third kappa shape index (κ3) is 8.34. The van der Waals surface area contributed by atoms with Gasteiger partial charge in [-0.3, -0.25) is 4.79 Å². The van der Waals surface area contributed by atoms with Gasteiger partial charge in [0, 0.05) is 43.3 Å². The lowest BCUT2D eigenvalue weighted by Gasteiger charge is -2.33. The highest BCUT2D eigenvalue weighted by atomic mass is 32.1. The van der Waals surface area contributed by atoms with Gasteiger partial charge in [0.05, 0.1) is 24.4 Å². The standard InChI is InChI=1S/C37H37FN6OS/c1-3-26(2)35(42-36(45)19-33-21-40-25-44(33)22-28-13-11-27(20-39)12-14-28)24-43(37(46)41-32-17-15-31(38)16-18-32)23-30-9-6-8-29-7-4-5-10-34(29)30/h4-18,21,25-26,35H,3,19,22-24H2,1-2H3,(H,41,46)(H,42,45)/t26-,35+/m0/s1. The summed E-state index contributed by atoms with van der Waals surface area (Å²) in [5.74, 6) is -0.257. The van der Waals surface area contributed by atoms with Gasteiger partial charge in [-0.05, 0) is 76.4 Å². The fourth-order valence-corrected chi connectivity index (χ4v) is 5.68. The van der Waals surface area contributed by atoms with Crippen LogP contribution in [0.5, 0.6) is 0 Å². The molecule has 0 bridgehead atoms. The van der Waals surface area contributed by atoms with E-state index in [9.17, 15) is 9.18 Å². The van der Waals surface area contributed by atoms with Crippen molar-refractivity contribution in [3.05, 3.63) is 132 Å². The van der Waals surface area contributed by atoms with Crippen LogP contribution in [0.15, 0.2) is 104 Å². The Bertz CT molecular complexity index is 1820. The number of carbonyl (C=O) groups is 1. The molecule has 0 saturated carbocycles. The molecular formula is C37H37FN6OS. The number of aromatic nitrogens is 2. The molecule has 7 nitrogen and oxygen atoms in total. The van der Waals surface area contributed by atoms with Gasteiger partial charge in [0.25, 0.3) is 0 Å². The van der Waals surface area contributed by atoms with E-state index in [2.05, 4.69) is 64.7 Å². The first-order valence-corrected chi connectivity index (χ1v) is 15.8. The maximum Gasteiger partial charge on any atom is 0.226 e. The number of thiocarbonyl (C=S) groups is 1. The summed E-state index contributed by atoms with van der Waals surface area (Å²) in [6, 6.07) is 29.9. The summed E-state index contributed by atoms with van der Waals surface area (Å²) in [6.07, 6.45) is 4.47. The Morgan fingerprint density at radius 3 is 2.52 bits per heavy atom. The summed E-state index contributed by atoms with van der Waals surface area (Å²) in [7, 11) is 0. The lowest BCUT2D eigenvalue weighted by atomic mass is 9.97. The van der Waals surface area contributed by atoms with E-state index in [1.165, 1.54) is 12.1 Å². The summed E-state index contributed by atoms with van der Waals surface area (Å²) < 4.78 is 15.6. The van der Waals surface area contributed by atoms with Crippen molar-refractivity contribution in [2.24, 2.45) is 5.92 Å². The predicted molar refractivity (Wildman–Crippen MR) is 185 cm³/mol. The number of fused-ring (bicyclic) bond motifs is 1. The second kappa shape index (κ2) is 15.3. The van der Waals surface area contributed by atoms with Crippen LogP contribution in [-0.2, 0) is 24.3 Å². The lowest BCUT2D eigenvalue weighted by Crippen LogP contribution is -2.50. The highest BCUT2D eigenvalue weighted by Crippen LogP contribution is 2.22. The Labute approximate surface area is 274 Å². The Kier molecular flexibility index (Phi) is 10.7. The molecule has 5 aromatic rings. The van der Waals surface area contributed by atoms with Crippen molar-refractivity contribution in [3.8, 4) is 6.07 Å². The molecule has 1 heterocycles. The van der Waals surface area contributed by atoms with Gasteiger partial charge in [0.1, 0.15) is 5.82 Å². The lowest BCUT2D eigenvalue weighted by molar-refractivity contribution is -0.121. The van der Waals surface area contributed by atoms with E-state index in [0.29, 0.717) is 36.0 Å². The maximum absolute atomic E-state index is 13.6. The van der Waals surface area contributed by atoms with E-state index < -0.39 is 0 Å². The van der Waals surface area contributed by atoms with Crippen LogP contribution in [0.1, 0.15) is 42.7 Å². The third-order valence-electron chi connectivity index (χ3n) is 8.29. The zero-order valence-electron chi connectivity index (χ0n) is 26.0. The molecule has 0 unspecified atom stereocenters. The molecule has 5 rings (SSSR count). The van der Waals surface area contributed by atoms with E-state index in [-0.39, 0.29) is 30.1 Å². The van der Waals surface area contributed by atoms with Crippen molar-refractivity contribution in [2.45, 2.75) is 45.8 Å². The predicted octanol–water partition coefficient (Wildman–Crippen LogP) is 7.07. The fourth-order valence-electron chi connectivity index (χ4n) is 5.42. The van der Waals surface area contributed by atoms with Gasteiger partial charge in [0.2, 0.25) is 5.91 Å².